The lowest BCUT2D eigenvalue weighted by atomic mass is 10.1. The third-order valence-corrected chi connectivity index (χ3v) is 9.56. The number of rotatable bonds is 15. The van der Waals surface area contributed by atoms with E-state index in [4.69, 9.17) is 35.3 Å². The molecule has 0 spiro atoms. The first kappa shape index (κ1) is 39.1. The molecule has 54 heavy (non-hydrogen) atoms. The number of carbonyl (C=O) groups excluding carboxylic acids is 3. The van der Waals surface area contributed by atoms with Crippen LogP contribution in [-0.4, -0.2) is 53.3 Å². The number of ether oxygens (including phenoxy) is 5. The molecule has 0 heterocycles. The Morgan fingerprint density at radius 2 is 1.22 bits per heavy atom. The third-order valence-electron chi connectivity index (χ3n) is 8.00. The van der Waals surface area contributed by atoms with Crippen molar-refractivity contribution in [1.82, 2.24) is 5.32 Å². The predicted molar refractivity (Wildman–Crippen MR) is 211 cm³/mol. The van der Waals surface area contributed by atoms with Crippen LogP contribution in [0.25, 0.3) is 6.08 Å². The molecule has 13 heteroatoms. The summed E-state index contributed by atoms with van der Waals surface area (Å²) in [5.74, 6) is 0.639. The molecule has 0 saturated heterocycles. The normalized spacial score (nSPS) is 11.5. The highest BCUT2D eigenvalue weighted by molar-refractivity contribution is 8.00. The number of carbonyl (C=O) groups is 3. The van der Waals surface area contributed by atoms with Gasteiger partial charge in [-0.3, -0.25) is 14.4 Å². The lowest BCUT2D eigenvalue weighted by molar-refractivity contribution is -0.116. The van der Waals surface area contributed by atoms with Gasteiger partial charge in [-0.1, -0.05) is 60.1 Å². The molecule has 0 saturated carbocycles. The summed E-state index contributed by atoms with van der Waals surface area (Å²) in [6.45, 7) is 0. The minimum Gasteiger partial charge on any atom is -0.496 e. The molecular formula is C41H38ClN3O8S. The first-order valence-electron chi connectivity index (χ1n) is 16.4. The minimum absolute atomic E-state index is 0.0531. The fourth-order valence-corrected chi connectivity index (χ4v) is 6.54. The minimum atomic E-state index is -0.670. The van der Waals surface area contributed by atoms with Crippen molar-refractivity contribution in [3.05, 3.63) is 137 Å². The molecule has 0 aliphatic heterocycles. The molecule has 0 aliphatic rings. The Balaban J connectivity index is 1.40. The van der Waals surface area contributed by atoms with Crippen molar-refractivity contribution in [2.45, 2.75) is 10.1 Å². The largest absolute Gasteiger partial charge is 0.496 e. The highest BCUT2D eigenvalue weighted by atomic mass is 35.5. The number of halogens is 1. The number of thioether (sulfide) groups is 1. The summed E-state index contributed by atoms with van der Waals surface area (Å²) < 4.78 is 27.2. The van der Waals surface area contributed by atoms with E-state index in [0.717, 1.165) is 10.5 Å². The van der Waals surface area contributed by atoms with Gasteiger partial charge in [0.2, 0.25) is 5.91 Å². The molecule has 1 unspecified atom stereocenters. The van der Waals surface area contributed by atoms with Crippen LogP contribution < -0.4 is 39.6 Å². The molecule has 5 rings (SSSR count). The monoisotopic (exact) mass is 767 g/mol. The maximum Gasteiger partial charge on any atom is 0.272 e. The second-order valence-electron chi connectivity index (χ2n) is 11.4. The van der Waals surface area contributed by atoms with Crippen LogP contribution >= 0.6 is 23.4 Å². The quantitative estimate of drug-likeness (QED) is 0.0711. The van der Waals surface area contributed by atoms with Crippen LogP contribution in [0, 0.1) is 0 Å². The van der Waals surface area contributed by atoms with Crippen molar-refractivity contribution in [3.8, 4) is 28.7 Å². The highest BCUT2D eigenvalue weighted by Gasteiger charge is 2.24. The smallest absolute Gasteiger partial charge is 0.272 e. The van der Waals surface area contributed by atoms with Gasteiger partial charge < -0.3 is 39.6 Å². The van der Waals surface area contributed by atoms with E-state index in [1.165, 1.54) is 53.4 Å². The van der Waals surface area contributed by atoms with Crippen molar-refractivity contribution >= 4 is 58.5 Å². The van der Waals surface area contributed by atoms with Crippen molar-refractivity contribution in [1.29, 1.82) is 0 Å². The summed E-state index contributed by atoms with van der Waals surface area (Å²) in [7, 11) is 7.47. The number of hydrogen-bond acceptors (Lipinski definition) is 9. The number of amides is 3. The molecule has 278 valence electrons. The first-order chi connectivity index (χ1) is 26.2. The van der Waals surface area contributed by atoms with E-state index >= 15 is 0 Å². The number of hydrogen-bond donors (Lipinski definition) is 3. The highest BCUT2D eigenvalue weighted by Crippen LogP contribution is 2.40. The molecule has 0 aromatic heterocycles. The zero-order valence-corrected chi connectivity index (χ0v) is 31.7. The summed E-state index contributed by atoms with van der Waals surface area (Å²) in [6, 6.07) is 31.3. The molecule has 1 atom stereocenters. The molecule has 0 radical (unpaired) electrons. The van der Waals surface area contributed by atoms with Crippen molar-refractivity contribution < 1.29 is 38.1 Å². The summed E-state index contributed by atoms with van der Waals surface area (Å²) in [6.07, 6.45) is 1.50. The van der Waals surface area contributed by atoms with Crippen LogP contribution in [0.2, 0.25) is 5.02 Å². The van der Waals surface area contributed by atoms with E-state index in [1.54, 1.807) is 78.9 Å². The Kier molecular flexibility index (Phi) is 13.5. The van der Waals surface area contributed by atoms with Gasteiger partial charge in [-0.2, -0.15) is 0 Å². The number of anilines is 2. The molecule has 5 aromatic carbocycles. The molecule has 0 fully saturated rings. The van der Waals surface area contributed by atoms with Crippen molar-refractivity contribution in [2.75, 3.05) is 46.2 Å². The molecule has 5 aromatic rings. The van der Waals surface area contributed by atoms with E-state index < -0.39 is 17.1 Å². The van der Waals surface area contributed by atoms with Crippen LogP contribution in [0.5, 0.6) is 28.7 Å². The molecule has 3 N–H and O–H groups in total. The van der Waals surface area contributed by atoms with Gasteiger partial charge >= 0.3 is 0 Å². The molecule has 3 amide bonds. The fourth-order valence-electron chi connectivity index (χ4n) is 5.27. The van der Waals surface area contributed by atoms with Crippen LogP contribution in [0.4, 0.5) is 11.4 Å². The number of benzene rings is 5. The maximum absolute atomic E-state index is 13.8. The van der Waals surface area contributed by atoms with Gasteiger partial charge in [0, 0.05) is 33.8 Å². The van der Waals surface area contributed by atoms with Gasteiger partial charge in [-0.25, -0.2) is 0 Å². The first-order valence-corrected chi connectivity index (χ1v) is 17.7. The van der Waals surface area contributed by atoms with Crippen molar-refractivity contribution in [3.63, 3.8) is 0 Å². The molecule has 11 nitrogen and oxygen atoms in total. The summed E-state index contributed by atoms with van der Waals surface area (Å²) in [5.41, 5.74) is 2.37. The Morgan fingerprint density at radius 3 is 1.83 bits per heavy atom. The van der Waals surface area contributed by atoms with E-state index in [1.807, 2.05) is 30.3 Å². The maximum atomic E-state index is 13.8. The second-order valence-corrected chi connectivity index (χ2v) is 13.0. The van der Waals surface area contributed by atoms with Gasteiger partial charge in [0.05, 0.1) is 46.3 Å². The third kappa shape index (κ3) is 9.65. The summed E-state index contributed by atoms with van der Waals surface area (Å²) in [4.78, 5) is 41.6. The van der Waals surface area contributed by atoms with Gasteiger partial charge in [0.1, 0.15) is 28.2 Å². The lowest BCUT2D eigenvalue weighted by Gasteiger charge is -2.19. The Hall–Kier alpha value is -6.11. The predicted octanol–water partition coefficient (Wildman–Crippen LogP) is 8.26. The fraction of sp³-hybridized carbons (Fsp3) is 0.146. The van der Waals surface area contributed by atoms with E-state index in [0.29, 0.717) is 56.3 Å². The zero-order valence-electron chi connectivity index (χ0n) is 30.1. The molecule has 0 aliphatic carbocycles. The number of methoxy groups -OCH3 is 5. The Morgan fingerprint density at radius 1 is 0.648 bits per heavy atom. The van der Waals surface area contributed by atoms with Crippen LogP contribution in [0.15, 0.2) is 120 Å². The SMILES string of the molecule is COc1cc(OC)c(NC(=O)C(Sc2ccc(NC(=O)/C(=C/c3cc(OC)c(OC)cc3OC)NC(=O)c3ccccc3)cc2)c2ccccc2)cc1Cl. The van der Waals surface area contributed by atoms with Gasteiger partial charge in [0.15, 0.2) is 11.5 Å². The molecule has 0 bridgehead atoms. The Labute approximate surface area is 322 Å². The van der Waals surface area contributed by atoms with Gasteiger partial charge in [0.25, 0.3) is 11.8 Å². The van der Waals surface area contributed by atoms with Gasteiger partial charge in [-0.15, -0.1) is 11.8 Å². The lowest BCUT2D eigenvalue weighted by Crippen LogP contribution is -2.30. The average Bonchev–Trinajstić information content (AvgIpc) is 3.20. The second kappa shape index (κ2) is 18.6. The van der Waals surface area contributed by atoms with E-state index in [9.17, 15) is 14.4 Å². The number of nitrogens with one attached hydrogen (secondary N) is 3. The van der Waals surface area contributed by atoms with Crippen LogP contribution in [0.3, 0.4) is 0 Å². The van der Waals surface area contributed by atoms with Gasteiger partial charge in [-0.05, 0) is 60.2 Å². The Bertz CT molecular complexity index is 2130. The standard InChI is InChI=1S/C41H38ClN3O8S/c1-49-33-23-37(53-5)36(52-4)21-27(33)20-32(45-39(46)26-14-10-7-11-15-26)40(47)43-28-16-18-29(19-17-28)54-38(25-12-8-6-9-13-25)41(48)44-31-22-30(42)34(50-2)24-35(31)51-3/h6-24,38H,1-5H3,(H,43,47)(H,44,48)(H,45,46)/b32-20-. The van der Waals surface area contributed by atoms with Crippen LogP contribution in [0.1, 0.15) is 26.7 Å². The van der Waals surface area contributed by atoms with Crippen LogP contribution in [-0.2, 0) is 9.59 Å². The van der Waals surface area contributed by atoms with Crippen molar-refractivity contribution in [2.24, 2.45) is 0 Å². The topological polar surface area (TPSA) is 133 Å². The summed E-state index contributed by atoms with van der Waals surface area (Å²) >= 11 is 7.68. The zero-order chi connectivity index (χ0) is 38.6. The van der Waals surface area contributed by atoms with E-state index in [2.05, 4.69) is 16.0 Å². The summed E-state index contributed by atoms with van der Waals surface area (Å²) in [5, 5.41) is 8.18. The molecular weight excluding hydrogens is 730 g/mol. The average molecular weight is 768 g/mol. The van der Waals surface area contributed by atoms with E-state index in [-0.39, 0.29) is 11.6 Å².